The van der Waals surface area contributed by atoms with Gasteiger partial charge in [-0.25, -0.2) is 24.9 Å². The van der Waals surface area contributed by atoms with Gasteiger partial charge in [0, 0.05) is 43.7 Å². The Morgan fingerprint density at radius 1 is 0.403 bits per heavy atom. The van der Waals surface area contributed by atoms with E-state index < -0.39 is 0 Å². The van der Waals surface area contributed by atoms with Crippen molar-refractivity contribution in [1.82, 2.24) is 43.6 Å². The Kier molecular flexibility index (Phi) is 12.6. The van der Waals surface area contributed by atoms with E-state index in [1.165, 1.54) is 0 Å². The Hall–Kier alpha value is -10.2. The van der Waals surface area contributed by atoms with E-state index in [1.807, 2.05) is 165 Å². The van der Waals surface area contributed by atoms with Crippen LogP contribution in [0.2, 0.25) is 0 Å². The molecule has 0 spiro atoms. The molecule has 6 aromatic carbocycles. The minimum atomic E-state index is -0.171. The van der Waals surface area contributed by atoms with Crippen molar-refractivity contribution in [3.05, 3.63) is 249 Å². The Morgan fingerprint density at radius 2 is 0.870 bits per heavy atom. The van der Waals surface area contributed by atoms with Gasteiger partial charge in [-0.05, 0) is 135 Å². The lowest BCUT2D eigenvalue weighted by atomic mass is 10.00. The summed E-state index contributed by atoms with van der Waals surface area (Å²) in [6, 6.07) is 54.8. The van der Waals surface area contributed by atoms with Crippen LogP contribution in [0.15, 0.2) is 216 Å². The van der Waals surface area contributed by atoms with Crippen LogP contribution in [0, 0.1) is 0 Å². The molecule has 14 nitrogen and oxygen atoms in total. The van der Waals surface area contributed by atoms with Crippen molar-refractivity contribution in [3.8, 4) is 61.8 Å². The molecule has 0 saturated heterocycles. The van der Waals surface area contributed by atoms with Gasteiger partial charge in [-0.2, -0.15) is 0 Å². The van der Waals surface area contributed by atoms with Gasteiger partial charge in [-0.1, -0.05) is 78.9 Å². The molecule has 14 heteroatoms. The molecule has 12 rings (SSSR count). The second-order valence-corrected chi connectivity index (χ2v) is 19.1. The number of anilines is 1. The van der Waals surface area contributed by atoms with Crippen molar-refractivity contribution in [3.63, 3.8) is 0 Å². The fraction of sp³-hybridized carbons (Fsp3) is 0.0952. The van der Waals surface area contributed by atoms with Gasteiger partial charge in [-0.3, -0.25) is 33.1 Å². The van der Waals surface area contributed by atoms with E-state index in [4.69, 9.17) is 19.7 Å². The van der Waals surface area contributed by atoms with Gasteiger partial charge < -0.3 is 9.64 Å². The molecule has 0 radical (unpaired) electrons. The van der Waals surface area contributed by atoms with Crippen LogP contribution in [0.4, 0.5) is 5.82 Å². The normalized spacial score (nSPS) is 11.4. The Bertz CT molecular complexity index is 4450. The average molecular weight is 1010 g/mol. The highest BCUT2D eigenvalue weighted by molar-refractivity contribution is 5.86. The van der Waals surface area contributed by atoms with Gasteiger partial charge in [0.25, 0.3) is 16.7 Å². The number of benzene rings is 6. The molecule has 0 N–H and O–H groups in total. The molecule has 0 amide bonds. The fourth-order valence-electron chi connectivity index (χ4n) is 9.75. The highest BCUT2D eigenvalue weighted by Gasteiger charge is 2.15. The average Bonchev–Trinajstić information content (AvgIpc) is 3.47. The molecule has 0 saturated carbocycles. The molecule has 0 aliphatic carbocycles. The number of nitrogens with zero attached hydrogens (tertiary/aromatic N) is 10. The predicted octanol–water partition coefficient (Wildman–Crippen LogP) is 10.6. The molecule has 0 fully saturated rings. The van der Waals surface area contributed by atoms with Gasteiger partial charge in [0.1, 0.15) is 5.82 Å². The van der Waals surface area contributed by atoms with Crippen molar-refractivity contribution < 1.29 is 4.74 Å². The number of aromatic nitrogens is 9. The van der Waals surface area contributed by atoms with Gasteiger partial charge in [0.15, 0.2) is 0 Å². The van der Waals surface area contributed by atoms with Crippen LogP contribution in [0.1, 0.15) is 16.7 Å². The topological polar surface area (TPSA) is 156 Å². The first-order valence-electron chi connectivity index (χ1n) is 25.0. The van der Waals surface area contributed by atoms with Crippen LogP contribution in [0.5, 0.6) is 5.88 Å². The van der Waals surface area contributed by atoms with Crippen LogP contribution in [0.3, 0.4) is 0 Å². The first-order chi connectivity index (χ1) is 37.6. The van der Waals surface area contributed by atoms with E-state index in [-0.39, 0.29) is 23.2 Å². The summed E-state index contributed by atoms with van der Waals surface area (Å²) in [4.78, 5) is 71.5. The highest BCUT2D eigenvalue weighted by atomic mass is 16.5. The van der Waals surface area contributed by atoms with Crippen LogP contribution in [0.25, 0.3) is 88.6 Å². The second-order valence-electron chi connectivity index (χ2n) is 19.1. The third-order valence-corrected chi connectivity index (χ3v) is 13.8. The number of rotatable bonds is 13. The third-order valence-electron chi connectivity index (χ3n) is 13.8. The molecular formula is C63H48N10O4. The zero-order chi connectivity index (χ0) is 52.6. The molecule has 0 atom stereocenters. The molecular weight excluding hydrogens is 961 g/mol. The number of hydrogen-bond donors (Lipinski definition) is 0. The van der Waals surface area contributed by atoms with E-state index in [1.54, 1.807) is 58.3 Å². The quantitative estimate of drug-likeness (QED) is 0.108. The van der Waals surface area contributed by atoms with Crippen molar-refractivity contribution in [2.24, 2.45) is 0 Å². The first kappa shape index (κ1) is 47.8. The lowest BCUT2D eigenvalue weighted by Gasteiger charge is -2.16. The van der Waals surface area contributed by atoms with Crippen molar-refractivity contribution in [2.75, 3.05) is 26.1 Å². The smallest absolute Gasteiger partial charge is 0.261 e. The molecule has 6 heterocycles. The van der Waals surface area contributed by atoms with Crippen LogP contribution in [-0.4, -0.2) is 64.8 Å². The highest BCUT2D eigenvalue weighted by Crippen LogP contribution is 2.32. The van der Waals surface area contributed by atoms with E-state index >= 15 is 0 Å². The Balaban J connectivity index is 0.798. The van der Waals surface area contributed by atoms with Gasteiger partial charge in [-0.15, -0.1) is 0 Å². The van der Waals surface area contributed by atoms with Crippen molar-refractivity contribution in [1.29, 1.82) is 0 Å². The zero-order valence-electron chi connectivity index (χ0n) is 42.3. The molecule has 0 unspecified atom stereocenters. The van der Waals surface area contributed by atoms with Gasteiger partial charge >= 0.3 is 0 Å². The Morgan fingerprint density at radius 3 is 1.43 bits per heavy atom. The molecule has 6 aromatic heterocycles. The Labute approximate surface area is 441 Å². The van der Waals surface area contributed by atoms with E-state index in [0.717, 1.165) is 67.0 Å². The van der Waals surface area contributed by atoms with Gasteiger partial charge in [0.2, 0.25) is 5.88 Å². The van der Waals surface area contributed by atoms with E-state index in [2.05, 4.69) is 33.2 Å². The molecule has 0 aliphatic rings. The molecule has 12 aromatic rings. The van der Waals surface area contributed by atoms with Crippen LogP contribution < -0.4 is 26.3 Å². The summed E-state index contributed by atoms with van der Waals surface area (Å²) >= 11 is 0. The number of pyridine rings is 3. The summed E-state index contributed by atoms with van der Waals surface area (Å²) in [6.45, 7) is 0.997. The predicted molar refractivity (Wildman–Crippen MR) is 303 cm³/mol. The summed E-state index contributed by atoms with van der Waals surface area (Å²) < 4.78 is 10.2. The zero-order valence-corrected chi connectivity index (χ0v) is 42.3. The minimum absolute atomic E-state index is 0.0873. The monoisotopic (exact) mass is 1010 g/mol. The van der Waals surface area contributed by atoms with Crippen LogP contribution >= 0.6 is 0 Å². The number of para-hydroxylation sites is 1. The van der Waals surface area contributed by atoms with Crippen LogP contribution in [-0.2, 0) is 19.6 Å². The number of ether oxygens (including phenoxy) is 1. The number of hydrogen-bond acceptors (Lipinski definition) is 11. The van der Waals surface area contributed by atoms with Crippen molar-refractivity contribution >= 4 is 38.5 Å². The fourth-order valence-corrected chi connectivity index (χ4v) is 9.75. The first-order valence-corrected chi connectivity index (χ1v) is 25.0. The lowest BCUT2D eigenvalue weighted by Crippen LogP contribution is -2.21. The minimum Gasteiger partial charge on any atom is -0.481 e. The number of fused-ring (bicyclic) bond motifs is 3. The van der Waals surface area contributed by atoms with Gasteiger partial charge in [0.05, 0.1) is 89.8 Å². The lowest BCUT2D eigenvalue weighted by molar-refractivity contribution is 0.398. The summed E-state index contributed by atoms with van der Waals surface area (Å²) in [5.41, 5.74) is 12.9. The molecule has 0 bridgehead atoms. The summed E-state index contributed by atoms with van der Waals surface area (Å²) in [5, 5.41) is 1.55. The maximum absolute atomic E-state index is 14.3. The summed E-state index contributed by atoms with van der Waals surface area (Å²) in [7, 11) is 5.49. The van der Waals surface area contributed by atoms with E-state index in [9.17, 15) is 14.4 Å². The van der Waals surface area contributed by atoms with E-state index in [0.29, 0.717) is 63.1 Å². The second kappa shape index (κ2) is 20.2. The third kappa shape index (κ3) is 9.74. The largest absolute Gasteiger partial charge is 0.481 e. The molecule has 0 aliphatic heterocycles. The SMILES string of the molecule is COc1cc(-c2cccc(Cn3cnc4ccc(-c5cc(-c6cccc(Cn7cnc8ccc(-c9cc(-c%10cccc(Cn%11cnc%12ccccc%12c%11=O)c%10)ccn9)cc8c7=O)c6)cc(N(C)C)n5)cc4c3=O)c2)ccn1. The number of methoxy groups -OCH3 is 1. The summed E-state index contributed by atoms with van der Waals surface area (Å²) in [5.74, 6) is 1.27. The maximum Gasteiger partial charge on any atom is 0.261 e. The molecule has 374 valence electrons. The summed E-state index contributed by atoms with van der Waals surface area (Å²) in [6.07, 6.45) is 8.27. The molecule has 77 heavy (non-hydrogen) atoms. The standard InChI is InChI=1S/C63H48N10O4/c1-70(2)59-32-50(31-58(69-59)49-18-20-56-53(29-49)63(76)72(39-68-56)35-41-10-7-13-44(26-41)47-22-24-65-60(33-47)77-3)45-14-8-11-42(27-45)36-73-38-67-55-19-17-48(28-52(55)62(73)75)57-30-46(21-23-64-57)43-12-6-9-40(25-43)34-71-37-66-54-16-5-4-15-51(54)61(71)74/h4-33,37-39H,34-36H2,1-3H3. The maximum atomic E-state index is 14.3. The van der Waals surface area contributed by atoms with Crippen molar-refractivity contribution in [2.45, 2.75) is 19.6 Å².